The molecule has 204 valence electrons. The van der Waals surface area contributed by atoms with Crippen molar-refractivity contribution in [3.05, 3.63) is 90.1 Å². The molecule has 41 heavy (non-hydrogen) atoms. The van der Waals surface area contributed by atoms with Crippen molar-refractivity contribution >= 4 is 39.3 Å². The third kappa shape index (κ3) is 4.27. The Balaban J connectivity index is 1.37. The third-order valence-electron chi connectivity index (χ3n) is 7.10. The molecule has 12 heteroatoms. The van der Waals surface area contributed by atoms with Gasteiger partial charge < -0.3 is 20.5 Å². The topological polar surface area (TPSA) is 120 Å². The smallest absolute Gasteiger partial charge is 0.256 e. The summed E-state index contributed by atoms with van der Waals surface area (Å²) >= 11 is 1.43. The Labute approximate surface area is 236 Å². The number of nitrogens with zero attached hydrogens (tertiary/aromatic N) is 5. The maximum absolute atomic E-state index is 15.5. The lowest BCUT2D eigenvalue weighted by Gasteiger charge is -2.39. The van der Waals surface area contributed by atoms with Gasteiger partial charge in [0.2, 0.25) is 0 Å². The molecule has 0 saturated heterocycles. The van der Waals surface area contributed by atoms with Gasteiger partial charge in [0.15, 0.2) is 16.7 Å². The number of aromatic nitrogens is 4. The molecule has 0 saturated carbocycles. The standard InChI is InChI=1S/C29H21F2N7O2S/c1-39-19-9-15-4-6-34-27(24(15)35-14-19)36-18-2-3-23-20(10-18)29(5-7-41-28(32)38-29)21-11-22(37-26(31)25(21)40-23)16-8-17(30)13-33-12-16/h2-4,6,8-14H,5,7H2,1H3,(H2,32,38)(H,34,36)/t29-/m0/s1. The number of rotatable bonds is 4. The largest absolute Gasteiger partial charge is 0.495 e. The van der Waals surface area contributed by atoms with Crippen molar-refractivity contribution in [2.45, 2.75) is 12.0 Å². The fraction of sp³-hybridized carbons (Fsp3) is 0.138. The molecule has 9 nitrogen and oxygen atoms in total. The second-order valence-electron chi connectivity index (χ2n) is 9.52. The zero-order chi connectivity index (χ0) is 28.1. The van der Waals surface area contributed by atoms with E-state index in [1.807, 2.05) is 24.3 Å². The minimum absolute atomic E-state index is 0.0383. The van der Waals surface area contributed by atoms with Crippen LogP contribution in [0.1, 0.15) is 17.5 Å². The molecule has 0 unspecified atom stereocenters. The van der Waals surface area contributed by atoms with E-state index in [2.05, 4.69) is 25.3 Å². The molecule has 5 aromatic rings. The van der Waals surface area contributed by atoms with Gasteiger partial charge in [-0.15, -0.1) is 0 Å². The zero-order valence-corrected chi connectivity index (χ0v) is 22.4. The number of hydrogen-bond donors (Lipinski definition) is 2. The van der Waals surface area contributed by atoms with Gasteiger partial charge in [-0.25, -0.2) is 24.3 Å². The molecule has 6 heterocycles. The first-order valence-electron chi connectivity index (χ1n) is 12.6. The molecule has 7 rings (SSSR count). The molecular weight excluding hydrogens is 548 g/mol. The van der Waals surface area contributed by atoms with E-state index in [0.29, 0.717) is 62.6 Å². The number of thioether (sulfide) groups is 1. The molecule has 0 bridgehead atoms. The molecule has 0 radical (unpaired) electrons. The number of amidine groups is 1. The van der Waals surface area contributed by atoms with Crippen molar-refractivity contribution < 1.29 is 18.3 Å². The van der Waals surface area contributed by atoms with Gasteiger partial charge in [0, 0.05) is 45.9 Å². The quantitative estimate of drug-likeness (QED) is 0.254. The number of ether oxygens (including phenoxy) is 2. The Kier molecular flexibility index (Phi) is 5.93. The molecular formula is C29H21F2N7O2S. The van der Waals surface area contributed by atoms with Gasteiger partial charge in [0.25, 0.3) is 5.95 Å². The van der Waals surface area contributed by atoms with Crippen LogP contribution in [0.25, 0.3) is 22.2 Å². The van der Waals surface area contributed by atoms with E-state index in [1.165, 1.54) is 24.0 Å². The van der Waals surface area contributed by atoms with Crippen LogP contribution in [0.3, 0.4) is 0 Å². The van der Waals surface area contributed by atoms with Gasteiger partial charge in [0.05, 0.1) is 25.2 Å². The summed E-state index contributed by atoms with van der Waals surface area (Å²) in [5.74, 6) is 0.841. The Bertz CT molecular complexity index is 1890. The van der Waals surface area contributed by atoms with Crippen molar-refractivity contribution in [1.82, 2.24) is 19.9 Å². The maximum atomic E-state index is 15.5. The number of anilines is 2. The van der Waals surface area contributed by atoms with Crippen molar-refractivity contribution in [2.75, 3.05) is 18.2 Å². The van der Waals surface area contributed by atoms with Gasteiger partial charge in [-0.3, -0.25) is 4.98 Å². The van der Waals surface area contributed by atoms with E-state index < -0.39 is 17.3 Å². The summed E-state index contributed by atoms with van der Waals surface area (Å²) in [6.07, 6.45) is 6.34. The average Bonchev–Trinajstić information content (AvgIpc) is 2.98. The van der Waals surface area contributed by atoms with Crippen LogP contribution in [-0.2, 0) is 5.54 Å². The van der Waals surface area contributed by atoms with Gasteiger partial charge in [0.1, 0.15) is 28.4 Å². The van der Waals surface area contributed by atoms with E-state index in [0.717, 1.165) is 11.6 Å². The lowest BCUT2D eigenvalue weighted by atomic mass is 9.78. The Hall–Kier alpha value is -4.84. The normalized spacial score (nSPS) is 17.4. The van der Waals surface area contributed by atoms with Crippen molar-refractivity contribution in [3.8, 4) is 28.5 Å². The number of pyridine rings is 4. The highest BCUT2D eigenvalue weighted by molar-refractivity contribution is 8.13. The molecule has 0 amide bonds. The highest BCUT2D eigenvalue weighted by atomic mass is 32.2. The predicted molar refractivity (Wildman–Crippen MR) is 153 cm³/mol. The number of nitrogens with one attached hydrogen (secondary N) is 1. The van der Waals surface area contributed by atoms with E-state index in [9.17, 15) is 4.39 Å². The molecule has 1 atom stereocenters. The Morgan fingerprint density at radius 1 is 1.05 bits per heavy atom. The first-order valence-corrected chi connectivity index (χ1v) is 13.6. The fourth-order valence-corrected chi connectivity index (χ4v) is 6.06. The first kappa shape index (κ1) is 25.1. The molecule has 3 N–H and O–H groups in total. The van der Waals surface area contributed by atoms with Crippen molar-refractivity contribution in [2.24, 2.45) is 10.7 Å². The lowest BCUT2D eigenvalue weighted by molar-refractivity contribution is 0.362. The summed E-state index contributed by atoms with van der Waals surface area (Å²) in [5, 5.41) is 4.58. The minimum atomic E-state index is -1.06. The number of halogens is 2. The van der Waals surface area contributed by atoms with Gasteiger partial charge in [-0.2, -0.15) is 4.39 Å². The van der Waals surface area contributed by atoms with Gasteiger partial charge in [-0.05, 0) is 48.9 Å². The SMILES string of the molecule is COc1cnc2c(Nc3ccc4c(c3)[C@@]3(CCSC(N)=N3)c3cc(-c5cncc(F)c5)nc(F)c3O4)nccc2c1. The second kappa shape index (κ2) is 9.66. The van der Waals surface area contributed by atoms with Gasteiger partial charge >= 0.3 is 0 Å². The number of hydrogen-bond acceptors (Lipinski definition) is 10. The van der Waals surface area contributed by atoms with Crippen LogP contribution in [0.2, 0.25) is 0 Å². The molecule has 1 spiro atoms. The summed E-state index contributed by atoms with van der Waals surface area (Å²) in [4.78, 5) is 21.9. The monoisotopic (exact) mass is 569 g/mol. The van der Waals surface area contributed by atoms with E-state index in [1.54, 1.807) is 31.6 Å². The zero-order valence-electron chi connectivity index (χ0n) is 21.6. The van der Waals surface area contributed by atoms with Crippen LogP contribution >= 0.6 is 11.8 Å². The maximum Gasteiger partial charge on any atom is 0.256 e. The number of aliphatic imine (C=N–C) groups is 1. The molecule has 0 aliphatic carbocycles. The number of benzene rings is 1. The highest BCUT2D eigenvalue weighted by Crippen LogP contribution is 2.54. The van der Waals surface area contributed by atoms with Crippen LogP contribution in [0.4, 0.5) is 20.3 Å². The van der Waals surface area contributed by atoms with E-state index >= 15 is 4.39 Å². The number of fused-ring (bicyclic) bond motifs is 5. The number of methoxy groups -OCH3 is 1. The Morgan fingerprint density at radius 3 is 2.78 bits per heavy atom. The number of nitrogens with two attached hydrogens (primary N) is 1. The van der Waals surface area contributed by atoms with Crippen LogP contribution in [0.5, 0.6) is 17.2 Å². The highest BCUT2D eigenvalue weighted by Gasteiger charge is 2.46. The molecule has 4 aromatic heterocycles. The molecule has 0 fully saturated rings. The minimum Gasteiger partial charge on any atom is -0.495 e. The molecule has 2 aliphatic rings. The predicted octanol–water partition coefficient (Wildman–Crippen LogP) is 5.92. The summed E-state index contributed by atoms with van der Waals surface area (Å²) < 4.78 is 40.9. The lowest BCUT2D eigenvalue weighted by Crippen LogP contribution is -2.36. The van der Waals surface area contributed by atoms with Crippen LogP contribution in [0.15, 0.2) is 72.2 Å². The second-order valence-corrected chi connectivity index (χ2v) is 10.6. The molecule has 2 aliphatic heterocycles. The fourth-order valence-electron chi connectivity index (χ4n) is 5.23. The van der Waals surface area contributed by atoms with E-state index in [-0.39, 0.29) is 11.4 Å². The van der Waals surface area contributed by atoms with Crippen LogP contribution < -0.4 is 20.5 Å². The van der Waals surface area contributed by atoms with Gasteiger partial charge in [-0.1, -0.05) is 11.8 Å². The third-order valence-corrected chi connectivity index (χ3v) is 7.90. The average molecular weight is 570 g/mol. The summed E-state index contributed by atoms with van der Waals surface area (Å²) in [6, 6.07) is 12.1. The van der Waals surface area contributed by atoms with Crippen LogP contribution in [-0.4, -0.2) is 38.0 Å². The van der Waals surface area contributed by atoms with E-state index in [4.69, 9.17) is 20.2 Å². The summed E-state index contributed by atoms with van der Waals surface area (Å²) in [7, 11) is 1.59. The van der Waals surface area contributed by atoms with Crippen molar-refractivity contribution in [1.29, 1.82) is 0 Å². The molecule has 1 aromatic carbocycles. The summed E-state index contributed by atoms with van der Waals surface area (Å²) in [5.41, 5.74) is 8.26. The van der Waals surface area contributed by atoms with Crippen LogP contribution in [0, 0.1) is 11.8 Å². The van der Waals surface area contributed by atoms with Crippen molar-refractivity contribution in [3.63, 3.8) is 0 Å². The Morgan fingerprint density at radius 2 is 1.95 bits per heavy atom. The first-order chi connectivity index (χ1) is 19.9. The summed E-state index contributed by atoms with van der Waals surface area (Å²) in [6.45, 7) is 0.